The fourth-order valence-electron chi connectivity index (χ4n) is 5.18. The number of ether oxygens (including phenoxy) is 1. The van der Waals surface area contributed by atoms with Gasteiger partial charge in [-0.2, -0.15) is 0 Å². The van der Waals surface area contributed by atoms with Crippen LogP contribution in [0, 0.1) is 13.8 Å². The number of aromatic amines is 1. The summed E-state index contributed by atoms with van der Waals surface area (Å²) in [5.74, 6) is 1.42. The van der Waals surface area contributed by atoms with Crippen molar-refractivity contribution in [2.24, 2.45) is 0 Å². The number of aryl methyl sites for hydroxylation is 2. The Morgan fingerprint density at radius 3 is 2.46 bits per heavy atom. The van der Waals surface area contributed by atoms with Crippen LogP contribution in [-0.4, -0.2) is 34.1 Å². The van der Waals surface area contributed by atoms with E-state index in [9.17, 15) is 4.79 Å². The van der Waals surface area contributed by atoms with Crippen LogP contribution >= 0.6 is 0 Å². The van der Waals surface area contributed by atoms with Gasteiger partial charge in [-0.15, -0.1) is 0 Å². The molecule has 1 aliphatic rings. The SMILES string of the molecule is Cc1ccc(OC(=O)N2CCC(c3ccc4[nH]c(-c5ccnc(C)c5)c(C(C)C)c4c3)CC2)cc1. The van der Waals surface area contributed by atoms with Gasteiger partial charge >= 0.3 is 6.09 Å². The maximum atomic E-state index is 12.6. The van der Waals surface area contributed by atoms with Gasteiger partial charge in [0.25, 0.3) is 0 Å². The van der Waals surface area contributed by atoms with E-state index >= 15 is 0 Å². The van der Waals surface area contributed by atoms with Crippen LogP contribution in [0.15, 0.2) is 60.8 Å². The zero-order chi connectivity index (χ0) is 24.5. The quantitative estimate of drug-likeness (QED) is 0.341. The number of fused-ring (bicyclic) bond motifs is 1. The van der Waals surface area contributed by atoms with Gasteiger partial charge in [-0.05, 0) is 86.1 Å². The molecule has 0 atom stereocenters. The predicted molar refractivity (Wildman–Crippen MR) is 141 cm³/mol. The maximum absolute atomic E-state index is 12.6. The van der Waals surface area contributed by atoms with Crippen molar-refractivity contribution in [3.8, 4) is 17.0 Å². The molecule has 1 N–H and O–H groups in total. The molecule has 2 aromatic carbocycles. The van der Waals surface area contributed by atoms with Gasteiger partial charge in [0.15, 0.2) is 0 Å². The number of piperidine rings is 1. The normalized spacial score (nSPS) is 14.6. The first-order valence-electron chi connectivity index (χ1n) is 12.5. The van der Waals surface area contributed by atoms with E-state index in [1.165, 1.54) is 33.3 Å². The van der Waals surface area contributed by atoms with Gasteiger partial charge < -0.3 is 14.6 Å². The number of amides is 1. The number of carbonyl (C=O) groups excluding carboxylic acids is 1. The van der Waals surface area contributed by atoms with Crippen LogP contribution in [0.3, 0.4) is 0 Å². The molecule has 3 heterocycles. The molecule has 0 radical (unpaired) electrons. The smallest absolute Gasteiger partial charge is 0.410 e. The first-order valence-corrected chi connectivity index (χ1v) is 12.5. The molecule has 4 aromatic rings. The van der Waals surface area contributed by atoms with E-state index in [1.807, 2.05) is 49.2 Å². The van der Waals surface area contributed by atoms with Crippen LogP contribution in [0.2, 0.25) is 0 Å². The monoisotopic (exact) mass is 467 g/mol. The summed E-state index contributed by atoms with van der Waals surface area (Å²) in [5.41, 5.74) is 8.40. The molecule has 35 heavy (non-hydrogen) atoms. The molecule has 0 unspecified atom stereocenters. The standard InChI is InChI=1S/C30H33N3O2/c1-19(2)28-26-18-23(7-10-27(26)32-29(28)24-11-14-31-21(4)17-24)22-12-15-33(16-13-22)30(34)35-25-8-5-20(3)6-9-25/h5-11,14,17-19,22,32H,12-13,15-16H2,1-4H3. The lowest BCUT2D eigenvalue weighted by molar-refractivity contribution is 0.138. The summed E-state index contributed by atoms with van der Waals surface area (Å²) in [7, 11) is 0. The maximum Gasteiger partial charge on any atom is 0.415 e. The summed E-state index contributed by atoms with van der Waals surface area (Å²) >= 11 is 0. The minimum Gasteiger partial charge on any atom is -0.410 e. The van der Waals surface area contributed by atoms with Crippen LogP contribution in [0.5, 0.6) is 5.75 Å². The van der Waals surface area contributed by atoms with Crippen molar-refractivity contribution in [2.75, 3.05) is 13.1 Å². The van der Waals surface area contributed by atoms with Crippen molar-refractivity contribution in [3.05, 3.63) is 83.2 Å². The molecule has 1 fully saturated rings. The number of hydrogen-bond acceptors (Lipinski definition) is 3. The van der Waals surface area contributed by atoms with Crippen LogP contribution in [0.1, 0.15) is 60.9 Å². The molecule has 2 aromatic heterocycles. The van der Waals surface area contributed by atoms with E-state index in [4.69, 9.17) is 4.74 Å². The fourth-order valence-corrected chi connectivity index (χ4v) is 5.18. The molecule has 1 saturated heterocycles. The number of carbonyl (C=O) groups is 1. The summed E-state index contributed by atoms with van der Waals surface area (Å²) in [4.78, 5) is 22.5. The molecule has 1 amide bonds. The van der Waals surface area contributed by atoms with Crippen molar-refractivity contribution in [2.45, 2.75) is 52.4 Å². The van der Waals surface area contributed by atoms with Gasteiger partial charge in [0.2, 0.25) is 0 Å². The number of hydrogen-bond donors (Lipinski definition) is 1. The van der Waals surface area contributed by atoms with Gasteiger partial charge in [0.1, 0.15) is 5.75 Å². The third kappa shape index (κ3) is 4.81. The number of likely N-dealkylation sites (tertiary alicyclic amines) is 1. The Hall–Kier alpha value is -3.60. The Labute approximate surface area is 207 Å². The van der Waals surface area contributed by atoms with Crippen LogP contribution in [0.25, 0.3) is 22.2 Å². The predicted octanol–water partition coefficient (Wildman–Crippen LogP) is 7.35. The number of nitrogens with zero attached hydrogens (tertiary/aromatic N) is 2. The molecule has 5 rings (SSSR count). The highest BCUT2D eigenvalue weighted by atomic mass is 16.6. The lowest BCUT2D eigenvalue weighted by Gasteiger charge is -2.31. The molecule has 5 heteroatoms. The summed E-state index contributed by atoms with van der Waals surface area (Å²) in [6.45, 7) is 9.97. The largest absolute Gasteiger partial charge is 0.415 e. The van der Waals surface area contributed by atoms with Gasteiger partial charge in [-0.25, -0.2) is 4.79 Å². The Kier molecular flexibility index (Phi) is 6.33. The highest BCUT2D eigenvalue weighted by Gasteiger charge is 2.26. The van der Waals surface area contributed by atoms with E-state index < -0.39 is 0 Å². The van der Waals surface area contributed by atoms with E-state index in [-0.39, 0.29) is 6.09 Å². The Morgan fingerprint density at radius 1 is 1.03 bits per heavy atom. The second-order valence-electron chi connectivity index (χ2n) is 10.0. The topological polar surface area (TPSA) is 58.2 Å². The summed E-state index contributed by atoms with van der Waals surface area (Å²) in [6, 6.07) is 18.7. The molecule has 0 aliphatic carbocycles. The molecule has 1 aliphatic heterocycles. The van der Waals surface area contributed by atoms with E-state index in [0.29, 0.717) is 30.7 Å². The van der Waals surface area contributed by atoms with Crippen LogP contribution in [-0.2, 0) is 0 Å². The Morgan fingerprint density at radius 2 is 1.77 bits per heavy atom. The van der Waals surface area contributed by atoms with E-state index in [0.717, 1.165) is 24.1 Å². The van der Waals surface area contributed by atoms with Crippen LogP contribution in [0.4, 0.5) is 4.79 Å². The van der Waals surface area contributed by atoms with Gasteiger partial charge in [0, 0.05) is 41.4 Å². The van der Waals surface area contributed by atoms with Crippen LogP contribution < -0.4 is 4.74 Å². The highest BCUT2D eigenvalue weighted by molar-refractivity contribution is 5.92. The summed E-state index contributed by atoms with van der Waals surface area (Å²) in [5, 5.41) is 1.29. The minimum atomic E-state index is -0.257. The number of nitrogens with one attached hydrogen (secondary N) is 1. The average Bonchev–Trinajstić information content (AvgIpc) is 3.25. The molecule has 0 saturated carbocycles. The molecule has 0 bridgehead atoms. The third-order valence-electron chi connectivity index (χ3n) is 7.08. The molecule has 0 spiro atoms. The Bertz CT molecular complexity index is 1350. The zero-order valence-electron chi connectivity index (χ0n) is 21.0. The summed E-state index contributed by atoms with van der Waals surface area (Å²) in [6.07, 6.45) is 3.50. The van der Waals surface area contributed by atoms with Crippen molar-refractivity contribution in [3.63, 3.8) is 0 Å². The van der Waals surface area contributed by atoms with Gasteiger partial charge in [0.05, 0.1) is 5.69 Å². The first kappa shape index (κ1) is 23.2. The number of pyridine rings is 1. The lowest BCUT2D eigenvalue weighted by Crippen LogP contribution is -2.39. The van der Waals surface area contributed by atoms with E-state index in [2.05, 4.69) is 54.1 Å². The number of H-pyrrole nitrogens is 1. The average molecular weight is 468 g/mol. The second kappa shape index (κ2) is 9.57. The fraction of sp³-hybridized carbons (Fsp3) is 0.333. The zero-order valence-corrected chi connectivity index (χ0v) is 21.0. The summed E-state index contributed by atoms with van der Waals surface area (Å²) < 4.78 is 5.58. The van der Waals surface area contributed by atoms with E-state index in [1.54, 1.807) is 0 Å². The molecular weight excluding hydrogens is 434 g/mol. The van der Waals surface area contributed by atoms with Crippen molar-refractivity contribution >= 4 is 17.0 Å². The first-order chi connectivity index (χ1) is 16.9. The van der Waals surface area contributed by atoms with Gasteiger partial charge in [-0.3, -0.25) is 4.98 Å². The van der Waals surface area contributed by atoms with Crippen molar-refractivity contribution in [1.82, 2.24) is 14.9 Å². The number of aromatic nitrogens is 2. The minimum absolute atomic E-state index is 0.257. The number of rotatable bonds is 4. The second-order valence-corrected chi connectivity index (χ2v) is 10.0. The molecule has 5 nitrogen and oxygen atoms in total. The molecular formula is C30H33N3O2. The van der Waals surface area contributed by atoms with Gasteiger partial charge in [-0.1, -0.05) is 37.6 Å². The molecule has 180 valence electrons. The number of benzene rings is 2. The van der Waals surface area contributed by atoms with Crippen molar-refractivity contribution in [1.29, 1.82) is 0 Å². The van der Waals surface area contributed by atoms with Crippen molar-refractivity contribution < 1.29 is 9.53 Å². The lowest BCUT2D eigenvalue weighted by atomic mass is 9.87. The highest BCUT2D eigenvalue weighted by Crippen LogP contribution is 2.38. The third-order valence-corrected chi connectivity index (χ3v) is 7.08. The Balaban J connectivity index is 1.34.